The van der Waals surface area contributed by atoms with Gasteiger partial charge in [-0.3, -0.25) is 9.18 Å². The molecule has 0 fully saturated rings. The van der Waals surface area contributed by atoms with Gasteiger partial charge in [-0.15, -0.1) is 0 Å². The van der Waals surface area contributed by atoms with Crippen LogP contribution in [0, 0.1) is 0 Å². The lowest BCUT2D eigenvalue weighted by Gasteiger charge is -1.82. The Morgan fingerprint density at radius 3 is 2.09 bits per heavy atom. The zero-order valence-electron chi connectivity index (χ0n) is 11.4. The van der Waals surface area contributed by atoms with Crippen molar-refractivity contribution in [2.24, 2.45) is 0 Å². The van der Waals surface area contributed by atoms with E-state index in [1.54, 1.807) is 6.07 Å². The molecule has 2 rings (SSSR count). The Morgan fingerprint density at radius 1 is 1.30 bits per heavy atom. The molecule has 0 saturated carbocycles. The van der Waals surface area contributed by atoms with E-state index in [2.05, 4.69) is 4.42 Å². The van der Waals surface area contributed by atoms with Crippen molar-refractivity contribution in [3.63, 3.8) is 0 Å². The molecule has 23 heavy (non-hydrogen) atoms. The number of carbonyl (C=O) groups is 2. The van der Waals surface area contributed by atoms with Crippen molar-refractivity contribution in [3.8, 4) is 0 Å². The van der Waals surface area contributed by atoms with Crippen LogP contribution in [-0.2, 0) is 16.2 Å². The van der Waals surface area contributed by atoms with E-state index < -0.39 is 5.97 Å². The third-order valence-corrected chi connectivity index (χ3v) is 1.69. The number of alkyl halides is 1. The van der Waals surface area contributed by atoms with Crippen LogP contribution in [0.1, 0.15) is 34.3 Å². The normalized spacial score (nSPS) is 7.43. The molecule has 2 aromatic rings. The smallest absolute Gasteiger partial charge is 0.373 e. The van der Waals surface area contributed by atoms with E-state index in [0.29, 0.717) is 19.2 Å². The molecule has 0 spiro atoms. The monoisotopic (exact) mass is 332 g/mol. The van der Waals surface area contributed by atoms with E-state index in [-0.39, 0.29) is 31.7 Å². The molecule has 9 heteroatoms. The Morgan fingerprint density at radius 2 is 1.87 bits per heavy atom. The quantitative estimate of drug-likeness (QED) is 0.817. The first-order chi connectivity index (χ1) is 10.6. The number of aldehydes is 1. The lowest BCUT2D eigenvalue weighted by atomic mass is 10.4. The Hall–Kier alpha value is -3.03. The maximum absolute atomic E-state index is 9.97. The highest BCUT2D eigenvalue weighted by molar-refractivity contribution is 5.84. The minimum atomic E-state index is -1.03. The van der Waals surface area contributed by atoms with Crippen LogP contribution in [0.3, 0.4) is 0 Å². The van der Waals surface area contributed by atoms with Crippen molar-refractivity contribution >= 4 is 18.4 Å². The van der Waals surface area contributed by atoms with Gasteiger partial charge in [-0.05, 0) is 24.3 Å². The molecule has 2 aromatic heterocycles. The molecule has 0 radical (unpaired) electrons. The second-order valence-corrected chi connectivity index (χ2v) is 2.95. The fourth-order valence-electron chi connectivity index (χ4n) is 0.943. The zero-order chi connectivity index (χ0) is 17.4. The summed E-state index contributed by atoms with van der Waals surface area (Å²) in [5.74, 6) is -0.392. The number of aliphatic hydroxyl groups is 1. The molecule has 0 amide bonds. The zero-order valence-corrected chi connectivity index (χ0v) is 11.4. The highest BCUT2D eigenvalue weighted by atomic mass is 19.1. The minimum absolute atomic E-state index is 0. The third-order valence-electron chi connectivity index (χ3n) is 1.69. The lowest BCUT2D eigenvalue weighted by Crippen LogP contribution is -1.90. The molecule has 0 aromatic carbocycles. The van der Waals surface area contributed by atoms with Gasteiger partial charge < -0.3 is 19.0 Å². The second kappa shape index (κ2) is 17.0. The van der Waals surface area contributed by atoms with Gasteiger partial charge in [0.15, 0.2) is 12.0 Å². The second-order valence-electron chi connectivity index (χ2n) is 2.95. The summed E-state index contributed by atoms with van der Waals surface area (Å²) in [6, 6.07) is 5.99. The number of carboxylic acid groups (broad SMARTS) is 1. The summed E-state index contributed by atoms with van der Waals surface area (Å²) in [5, 5.41) is 16.6. The molecule has 0 atom stereocenters. The van der Waals surface area contributed by atoms with Gasteiger partial charge in [-0.25, -0.2) is 4.79 Å². The average Bonchev–Trinajstić information content (AvgIpc) is 3.22. The van der Waals surface area contributed by atoms with Crippen LogP contribution in [-0.4, -0.2) is 35.8 Å². The highest BCUT2D eigenvalue weighted by Gasteiger charge is 2.01. The molecule has 128 valence electrons. The molecule has 0 aliphatic rings. The van der Waals surface area contributed by atoms with Gasteiger partial charge in [0.25, 0.3) is 0 Å². The topological polar surface area (TPSA) is 135 Å². The Kier molecular flexibility index (Phi) is 18.5. The first-order valence-electron chi connectivity index (χ1n) is 5.37. The first kappa shape index (κ1) is 25.0. The van der Waals surface area contributed by atoms with E-state index in [1.165, 1.54) is 24.5 Å². The standard InChI is InChI=1S/C6H6O3.C5H4O3.CH3F.CO2.CH4/c7-3-5-1-2-6(4-8)9-5;6-5(7)4-2-1-3-8-4;1-2;2-1-3;/h1-3,8H,4H2;1-3H,(H,6,7);1H3;;1H4. The van der Waals surface area contributed by atoms with Gasteiger partial charge in [0, 0.05) is 0 Å². The van der Waals surface area contributed by atoms with Crippen molar-refractivity contribution in [3.05, 3.63) is 47.8 Å². The van der Waals surface area contributed by atoms with E-state index in [0.717, 1.165) is 0 Å². The summed E-state index contributed by atoms with van der Waals surface area (Å²) in [6.07, 6.45) is 2.17. The van der Waals surface area contributed by atoms with Crippen LogP contribution in [0.15, 0.2) is 39.4 Å². The predicted molar refractivity (Wildman–Crippen MR) is 74.5 cm³/mol. The van der Waals surface area contributed by atoms with Crippen molar-refractivity contribution in [1.82, 2.24) is 0 Å². The van der Waals surface area contributed by atoms with Crippen LogP contribution in [0.5, 0.6) is 0 Å². The number of furan rings is 2. The van der Waals surface area contributed by atoms with Gasteiger partial charge in [0.2, 0.25) is 5.76 Å². The Balaban J connectivity index is -0.000000265. The SMILES string of the molecule is C.CF.O=C(O)c1ccco1.O=C=O.O=Cc1ccc(CO)o1. The van der Waals surface area contributed by atoms with Crippen molar-refractivity contribution in [2.45, 2.75) is 14.0 Å². The fraction of sp³-hybridized carbons (Fsp3) is 0.214. The van der Waals surface area contributed by atoms with E-state index in [9.17, 15) is 14.0 Å². The summed E-state index contributed by atoms with van der Waals surface area (Å²) < 4.78 is 18.8. The molecular formula is C14H17FO8. The molecule has 2 N–H and O–H groups in total. The number of carbonyl (C=O) groups excluding carboxylic acids is 3. The van der Waals surface area contributed by atoms with Crippen LogP contribution < -0.4 is 0 Å². The first-order valence-corrected chi connectivity index (χ1v) is 5.37. The maximum Gasteiger partial charge on any atom is 0.373 e. The molecule has 0 aliphatic carbocycles. The molecule has 0 bridgehead atoms. The summed E-state index contributed by atoms with van der Waals surface area (Å²) in [4.78, 5) is 36.2. The summed E-state index contributed by atoms with van der Waals surface area (Å²) >= 11 is 0. The van der Waals surface area contributed by atoms with Gasteiger partial charge >= 0.3 is 12.1 Å². The predicted octanol–water partition coefficient (Wildman–Crippen LogP) is 2.20. The summed E-state index contributed by atoms with van der Waals surface area (Å²) in [6.45, 7) is -0.159. The summed E-state index contributed by atoms with van der Waals surface area (Å²) in [7, 11) is 0.500. The number of hydrogen-bond donors (Lipinski definition) is 2. The minimum Gasteiger partial charge on any atom is -0.475 e. The van der Waals surface area contributed by atoms with Crippen LogP contribution in [0.4, 0.5) is 4.39 Å². The Bertz CT molecular complexity index is 553. The fourth-order valence-corrected chi connectivity index (χ4v) is 0.943. The number of hydrogen-bond acceptors (Lipinski definition) is 7. The number of halogens is 1. The molecule has 8 nitrogen and oxygen atoms in total. The van der Waals surface area contributed by atoms with Gasteiger partial charge in [0.1, 0.15) is 12.4 Å². The average molecular weight is 332 g/mol. The lowest BCUT2D eigenvalue weighted by molar-refractivity contribution is -0.191. The Labute approximate surface area is 131 Å². The van der Waals surface area contributed by atoms with Crippen molar-refractivity contribution in [2.75, 3.05) is 7.18 Å². The van der Waals surface area contributed by atoms with E-state index in [4.69, 9.17) is 24.2 Å². The van der Waals surface area contributed by atoms with E-state index >= 15 is 0 Å². The van der Waals surface area contributed by atoms with Gasteiger partial charge in [0.05, 0.1) is 13.4 Å². The number of aromatic carboxylic acids is 1. The molecule has 2 heterocycles. The molecule has 0 unspecified atom stereocenters. The largest absolute Gasteiger partial charge is 0.475 e. The van der Waals surface area contributed by atoms with E-state index in [1.807, 2.05) is 0 Å². The summed E-state index contributed by atoms with van der Waals surface area (Å²) in [5.41, 5.74) is 0. The third kappa shape index (κ3) is 12.4. The number of carboxylic acids is 1. The maximum atomic E-state index is 9.97. The number of rotatable bonds is 3. The van der Waals surface area contributed by atoms with Crippen molar-refractivity contribution < 1.29 is 42.6 Å². The van der Waals surface area contributed by atoms with Crippen molar-refractivity contribution in [1.29, 1.82) is 0 Å². The van der Waals surface area contributed by atoms with Crippen LogP contribution in [0.2, 0.25) is 0 Å². The molecular weight excluding hydrogens is 315 g/mol. The number of aliphatic hydroxyl groups excluding tert-OH is 1. The van der Waals surface area contributed by atoms with Crippen LogP contribution in [0.25, 0.3) is 0 Å². The highest BCUT2D eigenvalue weighted by Crippen LogP contribution is 2.03. The van der Waals surface area contributed by atoms with Crippen LogP contribution >= 0.6 is 0 Å². The molecule has 0 saturated heterocycles. The van der Waals surface area contributed by atoms with Gasteiger partial charge in [-0.1, -0.05) is 7.43 Å². The van der Waals surface area contributed by atoms with Gasteiger partial charge in [-0.2, -0.15) is 9.59 Å². The molecule has 0 aliphatic heterocycles.